The van der Waals surface area contributed by atoms with E-state index in [1.54, 1.807) is 24.4 Å². The first-order valence-corrected chi connectivity index (χ1v) is 5.52. The quantitative estimate of drug-likeness (QED) is 0.858. The Morgan fingerprint density at radius 3 is 2.62 bits per heavy atom. The van der Waals surface area contributed by atoms with Gasteiger partial charge in [-0.2, -0.15) is 0 Å². The molecule has 0 atom stereocenters. The molecule has 0 saturated heterocycles. The van der Waals surface area contributed by atoms with Crippen molar-refractivity contribution >= 4 is 15.9 Å². The minimum atomic E-state index is -0.246. The fourth-order valence-electron chi connectivity index (χ4n) is 1.20. The summed E-state index contributed by atoms with van der Waals surface area (Å²) < 4.78 is 19.0. The Kier molecular flexibility index (Phi) is 3.51. The summed E-state index contributed by atoms with van der Waals surface area (Å²) in [5.41, 5.74) is 0.906. The molecule has 2 aromatic rings. The molecule has 1 aromatic heterocycles. The Labute approximate surface area is 101 Å². The summed E-state index contributed by atoms with van der Waals surface area (Å²) in [5, 5.41) is 0. The van der Waals surface area contributed by atoms with Crippen LogP contribution in [0.15, 0.2) is 47.1 Å². The van der Waals surface area contributed by atoms with E-state index < -0.39 is 0 Å². The highest BCUT2D eigenvalue weighted by atomic mass is 79.9. The molecule has 0 aliphatic rings. The van der Waals surface area contributed by atoms with Crippen LogP contribution in [0, 0.1) is 5.82 Å². The van der Waals surface area contributed by atoms with Crippen molar-refractivity contribution in [2.24, 2.45) is 0 Å². The Bertz CT molecular complexity index is 473. The summed E-state index contributed by atoms with van der Waals surface area (Å²) >= 11 is 3.33. The molecule has 1 aromatic carbocycles. The van der Waals surface area contributed by atoms with Crippen LogP contribution in [0.3, 0.4) is 0 Å². The predicted octanol–water partition coefficient (Wildman–Crippen LogP) is 3.56. The lowest BCUT2D eigenvalue weighted by molar-refractivity contribution is 0.293. The van der Waals surface area contributed by atoms with Crippen molar-refractivity contribution in [3.05, 3.63) is 58.4 Å². The van der Waals surface area contributed by atoms with Gasteiger partial charge in [0.05, 0.1) is 0 Å². The van der Waals surface area contributed by atoms with Crippen molar-refractivity contribution in [3.63, 3.8) is 0 Å². The lowest BCUT2D eigenvalue weighted by atomic mass is 10.2. The van der Waals surface area contributed by atoms with E-state index in [9.17, 15) is 4.39 Å². The molecule has 0 saturated carbocycles. The fraction of sp³-hybridized carbons (Fsp3) is 0.0833. The van der Waals surface area contributed by atoms with Crippen molar-refractivity contribution in [1.82, 2.24) is 4.98 Å². The summed E-state index contributed by atoms with van der Waals surface area (Å²) in [6, 6.07) is 9.80. The summed E-state index contributed by atoms with van der Waals surface area (Å²) in [7, 11) is 0. The third-order valence-electron chi connectivity index (χ3n) is 2.00. The molecular formula is C12H9BrFNO. The molecule has 0 radical (unpaired) electrons. The first-order chi connectivity index (χ1) is 7.74. The lowest BCUT2D eigenvalue weighted by Crippen LogP contribution is -1.96. The normalized spacial score (nSPS) is 10.1. The van der Waals surface area contributed by atoms with Gasteiger partial charge >= 0.3 is 0 Å². The van der Waals surface area contributed by atoms with Gasteiger partial charge in [-0.05, 0) is 23.8 Å². The standard InChI is InChI=1S/C12H9BrFNO/c13-10-5-6-15-12(7-10)16-8-9-1-3-11(14)4-2-9/h1-7H,8H2. The van der Waals surface area contributed by atoms with Crippen LogP contribution in [0.5, 0.6) is 5.88 Å². The van der Waals surface area contributed by atoms with Crippen LogP contribution in [0.1, 0.15) is 5.56 Å². The summed E-state index contributed by atoms with van der Waals surface area (Å²) in [6.45, 7) is 0.379. The zero-order chi connectivity index (χ0) is 11.4. The highest BCUT2D eigenvalue weighted by molar-refractivity contribution is 9.10. The van der Waals surface area contributed by atoms with Gasteiger partial charge in [-0.1, -0.05) is 28.1 Å². The number of halogens is 2. The second-order valence-electron chi connectivity index (χ2n) is 3.23. The van der Waals surface area contributed by atoms with Gasteiger partial charge in [0, 0.05) is 16.7 Å². The van der Waals surface area contributed by atoms with Crippen LogP contribution in [-0.4, -0.2) is 4.98 Å². The van der Waals surface area contributed by atoms with E-state index in [-0.39, 0.29) is 5.82 Å². The summed E-state index contributed by atoms with van der Waals surface area (Å²) in [6.07, 6.45) is 1.66. The molecule has 82 valence electrons. The number of hydrogen-bond donors (Lipinski definition) is 0. The smallest absolute Gasteiger partial charge is 0.214 e. The topological polar surface area (TPSA) is 22.1 Å². The number of pyridine rings is 1. The van der Waals surface area contributed by atoms with Crippen LogP contribution in [0.25, 0.3) is 0 Å². The monoisotopic (exact) mass is 281 g/mol. The molecule has 2 rings (SSSR count). The first kappa shape index (κ1) is 11.1. The zero-order valence-electron chi connectivity index (χ0n) is 8.36. The molecule has 2 nitrogen and oxygen atoms in total. The minimum absolute atomic E-state index is 0.246. The SMILES string of the molecule is Fc1ccc(COc2cc(Br)ccn2)cc1. The van der Waals surface area contributed by atoms with Crippen molar-refractivity contribution in [1.29, 1.82) is 0 Å². The summed E-state index contributed by atoms with van der Waals surface area (Å²) in [5.74, 6) is 0.294. The molecule has 0 spiro atoms. The maximum atomic E-state index is 12.6. The second-order valence-corrected chi connectivity index (χ2v) is 4.14. The van der Waals surface area contributed by atoms with Crippen LogP contribution in [-0.2, 0) is 6.61 Å². The Hall–Kier alpha value is -1.42. The van der Waals surface area contributed by atoms with E-state index >= 15 is 0 Å². The molecule has 16 heavy (non-hydrogen) atoms. The largest absolute Gasteiger partial charge is 0.473 e. The van der Waals surface area contributed by atoms with E-state index in [1.807, 2.05) is 6.07 Å². The van der Waals surface area contributed by atoms with E-state index in [1.165, 1.54) is 12.1 Å². The van der Waals surface area contributed by atoms with Crippen molar-refractivity contribution < 1.29 is 9.13 Å². The number of aromatic nitrogens is 1. The minimum Gasteiger partial charge on any atom is -0.473 e. The van der Waals surface area contributed by atoms with Gasteiger partial charge < -0.3 is 4.74 Å². The second kappa shape index (κ2) is 5.07. The van der Waals surface area contributed by atoms with Crippen LogP contribution < -0.4 is 4.74 Å². The zero-order valence-corrected chi connectivity index (χ0v) is 9.95. The van der Waals surface area contributed by atoms with Gasteiger partial charge in [0.2, 0.25) is 5.88 Å². The highest BCUT2D eigenvalue weighted by Gasteiger charge is 1.98. The molecule has 0 aliphatic carbocycles. The van der Waals surface area contributed by atoms with Crippen molar-refractivity contribution in [3.8, 4) is 5.88 Å². The number of ether oxygens (including phenoxy) is 1. The Morgan fingerprint density at radius 1 is 1.19 bits per heavy atom. The molecule has 0 fully saturated rings. The highest BCUT2D eigenvalue weighted by Crippen LogP contribution is 2.15. The predicted molar refractivity (Wildman–Crippen MR) is 62.7 cm³/mol. The Balaban J connectivity index is 1.99. The van der Waals surface area contributed by atoms with Gasteiger partial charge in [-0.25, -0.2) is 9.37 Å². The average molecular weight is 282 g/mol. The first-order valence-electron chi connectivity index (χ1n) is 4.73. The number of benzene rings is 1. The van der Waals surface area contributed by atoms with Crippen molar-refractivity contribution in [2.45, 2.75) is 6.61 Å². The van der Waals surface area contributed by atoms with E-state index in [0.717, 1.165) is 10.0 Å². The Morgan fingerprint density at radius 2 is 1.94 bits per heavy atom. The van der Waals surface area contributed by atoms with Gasteiger partial charge in [0.25, 0.3) is 0 Å². The molecule has 1 heterocycles. The molecule has 0 N–H and O–H groups in total. The lowest BCUT2D eigenvalue weighted by Gasteiger charge is -2.05. The van der Waals surface area contributed by atoms with E-state index in [2.05, 4.69) is 20.9 Å². The van der Waals surface area contributed by atoms with E-state index in [4.69, 9.17) is 4.74 Å². The van der Waals surface area contributed by atoms with E-state index in [0.29, 0.717) is 12.5 Å². The van der Waals surface area contributed by atoms with Crippen molar-refractivity contribution in [2.75, 3.05) is 0 Å². The van der Waals surface area contributed by atoms with Gasteiger partial charge in [0.1, 0.15) is 12.4 Å². The average Bonchev–Trinajstić information content (AvgIpc) is 2.28. The number of nitrogens with zero attached hydrogens (tertiary/aromatic N) is 1. The molecular weight excluding hydrogens is 273 g/mol. The molecule has 4 heteroatoms. The molecule has 0 amide bonds. The maximum absolute atomic E-state index is 12.6. The van der Waals surface area contributed by atoms with Gasteiger partial charge in [-0.3, -0.25) is 0 Å². The third-order valence-corrected chi connectivity index (χ3v) is 2.49. The fourth-order valence-corrected chi connectivity index (χ4v) is 1.52. The van der Waals surface area contributed by atoms with Crippen LogP contribution >= 0.6 is 15.9 Å². The van der Waals surface area contributed by atoms with Gasteiger partial charge in [-0.15, -0.1) is 0 Å². The van der Waals surface area contributed by atoms with Crippen LogP contribution in [0.4, 0.5) is 4.39 Å². The number of rotatable bonds is 3. The molecule has 0 aliphatic heterocycles. The number of hydrogen-bond acceptors (Lipinski definition) is 2. The van der Waals surface area contributed by atoms with Crippen LogP contribution in [0.2, 0.25) is 0 Å². The summed E-state index contributed by atoms with van der Waals surface area (Å²) in [4.78, 5) is 4.05. The third kappa shape index (κ3) is 3.03. The molecule has 0 bridgehead atoms. The molecule has 0 unspecified atom stereocenters. The van der Waals surface area contributed by atoms with Gasteiger partial charge in [0.15, 0.2) is 0 Å². The maximum Gasteiger partial charge on any atom is 0.214 e.